The standard InChI is InChI=1S/C19H18N4O3/c24-18(16-11-12-5-1-4-8-15(12)26-16)20-9-10-21-19(25)17-13-6-2-3-7-14(13)22-23-17/h1-8,16H,9-11H2,(H,20,24)(H,21,25)(H,22,23). The van der Waals surface area contributed by atoms with Crippen molar-refractivity contribution in [3.8, 4) is 5.75 Å². The Balaban J connectivity index is 1.25. The van der Waals surface area contributed by atoms with Crippen LogP contribution in [0.1, 0.15) is 16.1 Å². The number of fused-ring (bicyclic) bond motifs is 2. The van der Waals surface area contributed by atoms with Crippen molar-refractivity contribution in [1.82, 2.24) is 20.8 Å². The molecule has 1 aliphatic rings. The molecule has 1 aliphatic heterocycles. The van der Waals surface area contributed by atoms with Gasteiger partial charge in [-0.2, -0.15) is 5.10 Å². The van der Waals surface area contributed by atoms with E-state index in [0.29, 0.717) is 25.2 Å². The molecule has 0 bridgehead atoms. The van der Waals surface area contributed by atoms with E-state index in [1.807, 2.05) is 48.5 Å². The summed E-state index contributed by atoms with van der Waals surface area (Å²) in [6.07, 6.45) is 0.0477. The molecule has 0 saturated carbocycles. The van der Waals surface area contributed by atoms with Crippen molar-refractivity contribution in [3.63, 3.8) is 0 Å². The first-order valence-corrected chi connectivity index (χ1v) is 8.46. The van der Waals surface area contributed by atoms with Gasteiger partial charge in [0.25, 0.3) is 11.8 Å². The summed E-state index contributed by atoms with van der Waals surface area (Å²) in [5.74, 6) is 0.299. The third-order valence-corrected chi connectivity index (χ3v) is 4.33. The third kappa shape index (κ3) is 3.11. The van der Waals surface area contributed by atoms with Crippen molar-refractivity contribution in [3.05, 3.63) is 59.8 Å². The molecule has 7 nitrogen and oxygen atoms in total. The Morgan fingerprint density at radius 1 is 1.08 bits per heavy atom. The molecular weight excluding hydrogens is 332 g/mol. The fourth-order valence-corrected chi connectivity index (χ4v) is 3.02. The van der Waals surface area contributed by atoms with Crippen molar-refractivity contribution in [2.75, 3.05) is 13.1 Å². The van der Waals surface area contributed by atoms with Crippen LogP contribution >= 0.6 is 0 Å². The minimum atomic E-state index is -0.515. The number of nitrogens with one attached hydrogen (secondary N) is 3. The van der Waals surface area contributed by atoms with E-state index in [4.69, 9.17) is 4.74 Å². The molecule has 2 amide bonds. The van der Waals surface area contributed by atoms with Gasteiger partial charge >= 0.3 is 0 Å². The number of carbonyl (C=O) groups excluding carboxylic acids is 2. The minimum Gasteiger partial charge on any atom is -0.480 e. The van der Waals surface area contributed by atoms with E-state index < -0.39 is 6.10 Å². The largest absolute Gasteiger partial charge is 0.480 e. The highest BCUT2D eigenvalue weighted by Crippen LogP contribution is 2.28. The second-order valence-electron chi connectivity index (χ2n) is 6.08. The number of aromatic amines is 1. The second-order valence-corrected chi connectivity index (χ2v) is 6.08. The average Bonchev–Trinajstić information content (AvgIpc) is 3.29. The lowest BCUT2D eigenvalue weighted by Gasteiger charge is -2.11. The van der Waals surface area contributed by atoms with E-state index in [0.717, 1.165) is 22.2 Å². The Hall–Kier alpha value is -3.35. The average molecular weight is 350 g/mol. The first kappa shape index (κ1) is 16.1. The fraction of sp³-hybridized carbons (Fsp3) is 0.211. The van der Waals surface area contributed by atoms with Crippen molar-refractivity contribution < 1.29 is 14.3 Å². The SMILES string of the molecule is O=C(NCCNC(=O)C1Cc2ccccc2O1)c1n[nH]c2ccccc12. The normalized spacial score (nSPS) is 15.3. The van der Waals surface area contributed by atoms with Gasteiger partial charge in [-0.3, -0.25) is 14.7 Å². The van der Waals surface area contributed by atoms with E-state index in [2.05, 4.69) is 20.8 Å². The van der Waals surface area contributed by atoms with E-state index in [1.54, 1.807) is 0 Å². The van der Waals surface area contributed by atoms with Gasteiger partial charge in [0.1, 0.15) is 5.75 Å². The number of hydrogen-bond acceptors (Lipinski definition) is 4. The number of carbonyl (C=O) groups is 2. The zero-order chi connectivity index (χ0) is 17.9. The van der Waals surface area contributed by atoms with Crippen LogP contribution in [-0.2, 0) is 11.2 Å². The molecule has 132 valence electrons. The molecule has 26 heavy (non-hydrogen) atoms. The molecule has 0 spiro atoms. The van der Waals surface area contributed by atoms with Crippen LogP contribution in [0.2, 0.25) is 0 Å². The van der Waals surface area contributed by atoms with Crippen molar-refractivity contribution in [2.24, 2.45) is 0 Å². The van der Waals surface area contributed by atoms with Gasteiger partial charge in [-0.25, -0.2) is 0 Å². The summed E-state index contributed by atoms with van der Waals surface area (Å²) >= 11 is 0. The predicted molar refractivity (Wildman–Crippen MR) is 96.0 cm³/mol. The molecule has 1 atom stereocenters. The summed E-state index contributed by atoms with van der Waals surface area (Å²) < 4.78 is 5.64. The number of H-pyrrole nitrogens is 1. The van der Waals surface area contributed by atoms with Gasteiger partial charge < -0.3 is 15.4 Å². The van der Waals surface area contributed by atoms with Crippen molar-refractivity contribution in [1.29, 1.82) is 0 Å². The van der Waals surface area contributed by atoms with E-state index in [-0.39, 0.29) is 11.8 Å². The molecule has 0 aliphatic carbocycles. The molecule has 0 fully saturated rings. The van der Waals surface area contributed by atoms with Gasteiger partial charge in [-0.15, -0.1) is 0 Å². The molecule has 4 rings (SSSR count). The number of para-hydroxylation sites is 2. The monoisotopic (exact) mass is 350 g/mol. The summed E-state index contributed by atoms with van der Waals surface area (Å²) in [6.45, 7) is 0.633. The Kier molecular flexibility index (Phi) is 4.27. The maximum Gasteiger partial charge on any atom is 0.272 e. The van der Waals surface area contributed by atoms with Crippen molar-refractivity contribution in [2.45, 2.75) is 12.5 Å². The maximum absolute atomic E-state index is 12.2. The van der Waals surface area contributed by atoms with Crippen LogP contribution in [0.25, 0.3) is 10.9 Å². The van der Waals surface area contributed by atoms with Crippen LogP contribution in [0.15, 0.2) is 48.5 Å². The summed E-state index contributed by atoms with van der Waals surface area (Å²) in [5.41, 5.74) is 2.19. The molecule has 0 radical (unpaired) electrons. The molecule has 2 aromatic carbocycles. The molecule has 1 aromatic heterocycles. The lowest BCUT2D eigenvalue weighted by molar-refractivity contribution is -0.127. The van der Waals surface area contributed by atoms with E-state index in [1.165, 1.54) is 0 Å². The summed E-state index contributed by atoms with van der Waals surface area (Å²) in [4.78, 5) is 24.4. The second kappa shape index (κ2) is 6.87. The van der Waals surface area contributed by atoms with Crippen LogP contribution in [0.4, 0.5) is 0 Å². The Morgan fingerprint density at radius 2 is 1.85 bits per heavy atom. The van der Waals surface area contributed by atoms with Gasteiger partial charge in [-0.05, 0) is 17.7 Å². The maximum atomic E-state index is 12.2. The molecular formula is C19H18N4O3. The van der Waals surface area contributed by atoms with E-state index >= 15 is 0 Å². The zero-order valence-electron chi connectivity index (χ0n) is 14.0. The number of nitrogens with zero attached hydrogens (tertiary/aromatic N) is 1. The summed E-state index contributed by atoms with van der Waals surface area (Å²) in [5, 5.41) is 13.2. The minimum absolute atomic E-state index is 0.180. The van der Waals surface area contributed by atoms with Gasteiger partial charge in [0.15, 0.2) is 11.8 Å². The van der Waals surface area contributed by atoms with Crippen LogP contribution < -0.4 is 15.4 Å². The topological polar surface area (TPSA) is 96.1 Å². The number of aromatic nitrogens is 2. The zero-order valence-corrected chi connectivity index (χ0v) is 14.0. The number of benzene rings is 2. The molecule has 0 saturated heterocycles. The number of ether oxygens (including phenoxy) is 1. The van der Waals surface area contributed by atoms with Crippen LogP contribution in [-0.4, -0.2) is 41.2 Å². The first-order valence-electron chi connectivity index (χ1n) is 8.46. The van der Waals surface area contributed by atoms with Gasteiger partial charge in [0.2, 0.25) is 0 Å². The fourth-order valence-electron chi connectivity index (χ4n) is 3.02. The molecule has 7 heteroatoms. The Labute approximate surface area is 149 Å². The first-order chi connectivity index (χ1) is 12.7. The smallest absolute Gasteiger partial charge is 0.272 e. The lowest BCUT2D eigenvalue weighted by atomic mass is 10.1. The van der Waals surface area contributed by atoms with Gasteiger partial charge in [-0.1, -0.05) is 36.4 Å². The predicted octanol–water partition coefficient (Wildman–Crippen LogP) is 1.41. The highest BCUT2D eigenvalue weighted by Gasteiger charge is 2.28. The molecule has 2 heterocycles. The van der Waals surface area contributed by atoms with Gasteiger partial charge in [0.05, 0.1) is 5.52 Å². The third-order valence-electron chi connectivity index (χ3n) is 4.33. The van der Waals surface area contributed by atoms with Crippen LogP contribution in [0, 0.1) is 0 Å². The summed E-state index contributed by atoms with van der Waals surface area (Å²) in [6, 6.07) is 15.1. The Morgan fingerprint density at radius 3 is 2.73 bits per heavy atom. The molecule has 3 N–H and O–H groups in total. The number of rotatable bonds is 5. The van der Waals surface area contributed by atoms with Crippen LogP contribution in [0.3, 0.4) is 0 Å². The van der Waals surface area contributed by atoms with Crippen molar-refractivity contribution >= 4 is 22.7 Å². The quantitative estimate of drug-likeness (QED) is 0.606. The lowest BCUT2D eigenvalue weighted by Crippen LogP contribution is -2.41. The highest BCUT2D eigenvalue weighted by molar-refractivity contribution is 6.04. The highest BCUT2D eigenvalue weighted by atomic mass is 16.5. The number of hydrogen-bond donors (Lipinski definition) is 3. The van der Waals surface area contributed by atoms with Crippen LogP contribution in [0.5, 0.6) is 5.75 Å². The van der Waals surface area contributed by atoms with Gasteiger partial charge in [0, 0.05) is 24.9 Å². The molecule has 3 aromatic rings. The van der Waals surface area contributed by atoms with E-state index in [9.17, 15) is 9.59 Å². The Bertz CT molecular complexity index is 941. The number of amides is 2. The molecule has 1 unspecified atom stereocenters. The summed E-state index contributed by atoms with van der Waals surface area (Å²) in [7, 11) is 0.